The summed E-state index contributed by atoms with van der Waals surface area (Å²) in [7, 11) is 0. The molecule has 2 aromatic heterocycles. The molecule has 186 valence electrons. The summed E-state index contributed by atoms with van der Waals surface area (Å²) in [6.07, 6.45) is 0.320. The lowest BCUT2D eigenvalue weighted by Crippen LogP contribution is -2.51. The molecule has 2 N–H and O–H groups in total. The lowest BCUT2D eigenvalue weighted by molar-refractivity contribution is -0.121. The molecule has 0 saturated carbocycles. The minimum atomic E-state index is -1.26. The largest absolute Gasteiger partial charge is 0.489 e. The van der Waals surface area contributed by atoms with Gasteiger partial charge in [0.2, 0.25) is 5.60 Å². The Bertz CT molecular complexity index is 1550. The van der Waals surface area contributed by atoms with Crippen molar-refractivity contribution >= 4 is 39.9 Å². The van der Waals surface area contributed by atoms with Gasteiger partial charge in [-0.2, -0.15) is 0 Å². The normalized spacial score (nSPS) is 22.9. The Kier molecular flexibility index (Phi) is 5.45. The Hall–Kier alpha value is -4.24. The lowest BCUT2D eigenvalue weighted by Gasteiger charge is -2.27. The van der Waals surface area contributed by atoms with E-state index in [4.69, 9.17) is 9.57 Å². The van der Waals surface area contributed by atoms with E-state index in [0.717, 1.165) is 38.4 Å². The minimum absolute atomic E-state index is 0.320. The van der Waals surface area contributed by atoms with Gasteiger partial charge in [0, 0.05) is 28.6 Å². The highest BCUT2D eigenvalue weighted by molar-refractivity contribution is 7.10. The highest BCUT2D eigenvalue weighted by Gasteiger charge is 2.54. The van der Waals surface area contributed by atoms with Crippen LogP contribution in [0.4, 0.5) is 4.79 Å². The number of thiophene rings is 1. The second-order valence-electron chi connectivity index (χ2n) is 9.40. The van der Waals surface area contributed by atoms with Crippen LogP contribution in [0.2, 0.25) is 0 Å². The zero-order chi connectivity index (χ0) is 25.6. The molecule has 2 aliphatic rings. The Labute approximate surface area is 217 Å². The van der Waals surface area contributed by atoms with E-state index in [1.54, 1.807) is 18.3 Å². The predicted molar refractivity (Wildman–Crippen MR) is 141 cm³/mol. The van der Waals surface area contributed by atoms with Crippen molar-refractivity contribution in [1.29, 1.82) is 0 Å². The standard InChI is InChI=1S/C28H24N4O4S/c1-17-14-18(21-6-3-4-7-22(21)29-17)16-35-20-11-9-19(10-12-20)28(24-8-5-13-37-24)15-23(32-36-28)27(2)25(33)30-26(34)31-27/h3-14H,15-16H2,1-2H3,(H2,30,31,33,34). The van der Waals surface area contributed by atoms with Crippen LogP contribution in [0.3, 0.4) is 0 Å². The van der Waals surface area contributed by atoms with Crippen LogP contribution in [-0.4, -0.2) is 28.2 Å². The second kappa shape index (κ2) is 8.70. The number of pyridine rings is 1. The van der Waals surface area contributed by atoms with Crippen LogP contribution in [0.5, 0.6) is 5.75 Å². The molecule has 2 aliphatic heterocycles. The molecule has 4 heterocycles. The molecule has 1 fully saturated rings. The molecule has 1 saturated heterocycles. The number of nitrogens with one attached hydrogen (secondary N) is 2. The van der Waals surface area contributed by atoms with Gasteiger partial charge < -0.3 is 14.9 Å². The molecule has 0 spiro atoms. The van der Waals surface area contributed by atoms with Gasteiger partial charge in [0.25, 0.3) is 5.91 Å². The Balaban J connectivity index is 1.26. The fourth-order valence-corrected chi connectivity index (χ4v) is 5.76. The van der Waals surface area contributed by atoms with Crippen molar-refractivity contribution in [2.75, 3.05) is 0 Å². The molecule has 0 radical (unpaired) electrons. The third-order valence-corrected chi connectivity index (χ3v) is 7.93. The lowest BCUT2D eigenvalue weighted by atomic mass is 9.82. The number of benzene rings is 2. The highest BCUT2D eigenvalue weighted by atomic mass is 32.1. The molecule has 9 heteroatoms. The number of hydrogen-bond donors (Lipinski definition) is 2. The summed E-state index contributed by atoms with van der Waals surface area (Å²) in [6, 6.07) is 21.2. The number of urea groups is 1. The number of carbonyl (C=O) groups is 2. The third kappa shape index (κ3) is 3.92. The number of imide groups is 1. The maximum absolute atomic E-state index is 12.5. The van der Waals surface area contributed by atoms with Gasteiger partial charge in [0.15, 0.2) is 5.54 Å². The van der Waals surface area contributed by atoms with E-state index in [1.807, 2.05) is 73.0 Å². The summed E-state index contributed by atoms with van der Waals surface area (Å²) in [6.45, 7) is 4.03. The Morgan fingerprint density at radius 1 is 1.08 bits per heavy atom. The Morgan fingerprint density at radius 3 is 2.62 bits per heavy atom. The second-order valence-corrected chi connectivity index (χ2v) is 10.3. The van der Waals surface area contributed by atoms with Crippen molar-refractivity contribution in [3.8, 4) is 5.75 Å². The first-order valence-corrected chi connectivity index (χ1v) is 12.8. The van der Waals surface area contributed by atoms with E-state index in [9.17, 15) is 9.59 Å². The van der Waals surface area contributed by atoms with Crippen LogP contribution in [-0.2, 0) is 21.8 Å². The summed E-state index contributed by atoms with van der Waals surface area (Å²) in [5.41, 5.74) is 2.14. The molecule has 37 heavy (non-hydrogen) atoms. The number of rotatable bonds is 6. The number of nitrogens with zero attached hydrogens (tertiary/aromatic N) is 2. The van der Waals surface area contributed by atoms with Gasteiger partial charge in [-0.05, 0) is 49.6 Å². The monoisotopic (exact) mass is 512 g/mol. The molecule has 0 bridgehead atoms. The molecule has 8 nitrogen and oxygen atoms in total. The van der Waals surface area contributed by atoms with Gasteiger partial charge in [0.1, 0.15) is 12.4 Å². The van der Waals surface area contributed by atoms with E-state index in [2.05, 4.69) is 26.8 Å². The average molecular weight is 513 g/mol. The number of oxime groups is 1. The van der Waals surface area contributed by atoms with Crippen LogP contribution >= 0.6 is 11.3 Å². The van der Waals surface area contributed by atoms with E-state index in [1.165, 1.54) is 0 Å². The number of aryl methyl sites for hydroxylation is 1. The van der Waals surface area contributed by atoms with Crippen molar-refractivity contribution in [1.82, 2.24) is 15.6 Å². The first-order chi connectivity index (χ1) is 17.9. The van der Waals surface area contributed by atoms with Gasteiger partial charge in [-0.3, -0.25) is 15.1 Å². The zero-order valence-electron chi connectivity index (χ0n) is 20.3. The number of fused-ring (bicyclic) bond motifs is 1. The van der Waals surface area contributed by atoms with E-state index in [-0.39, 0.29) is 0 Å². The smallest absolute Gasteiger partial charge is 0.322 e. The van der Waals surface area contributed by atoms with Gasteiger partial charge >= 0.3 is 6.03 Å². The maximum Gasteiger partial charge on any atom is 0.322 e. The van der Waals surface area contributed by atoms with Crippen LogP contribution in [0, 0.1) is 6.92 Å². The SMILES string of the molecule is Cc1cc(COc2ccc(C3(c4cccs4)CC(C4(C)NC(=O)NC4=O)=NO3)cc2)c2ccccc2n1. The minimum Gasteiger partial charge on any atom is -0.489 e. The Morgan fingerprint density at radius 2 is 1.89 bits per heavy atom. The molecule has 4 aromatic rings. The van der Waals surface area contributed by atoms with Crippen molar-refractivity contribution in [3.05, 3.63) is 93.8 Å². The molecule has 3 amide bonds. The fraction of sp³-hybridized carbons (Fsp3) is 0.214. The third-order valence-electron chi connectivity index (χ3n) is 6.91. The van der Waals surface area contributed by atoms with Crippen LogP contribution < -0.4 is 15.4 Å². The molecule has 6 rings (SSSR count). The van der Waals surface area contributed by atoms with E-state index in [0.29, 0.717) is 18.7 Å². The molecule has 0 aliphatic carbocycles. The van der Waals surface area contributed by atoms with Gasteiger partial charge in [-0.15, -0.1) is 11.3 Å². The first kappa shape index (κ1) is 23.2. The zero-order valence-corrected chi connectivity index (χ0v) is 21.1. The highest BCUT2D eigenvalue weighted by Crippen LogP contribution is 2.45. The molecular weight excluding hydrogens is 488 g/mol. The fourth-order valence-electron chi connectivity index (χ4n) is 4.88. The van der Waals surface area contributed by atoms with E-state index >= 15 is 0 Å². The van der Waals surface area contributed by atoms with Crippen molar-refractivity contribution in [2.45, 2.75) is 38.0 Å². The summed E-state index contributed by atoms with van der Waals surface area (Å²) < 4.78 is 6.15. The number of para-hydroxylation sites is 1. The quantitative estimate of drug-likeness (QED) is 0.361. The summed E-state index contributed by atoms with van der Waals surface area (Å²) in [4.78, 5) is 36.0. The number of hydrogen-bond acceptors (Lipinski definition) is 7. The van der Waals surface area contributed by atoms with Gasteiger partial charge in [-0.1, -0.05) is 41.6 Å². The molecular formula is C28H24N4O4S. The van der Waals surface area contributed by atoms with E-state index < -0.39 is 23.1 Å². The maximum atomic E-state index is 12.5. The predicted octanol–water partition coefficient (Wildman–Crippen LogP) is 4.80. The molecule has 2 aromatic carbocycles. The van der Waals surface area contributed by atoms with Gasteiger partial charge in [0.05, 0.1) is 16.1 Å². The number of ether oxygens (including phenoxy) is 1. The molecule has 2 atom stereocenters. The van der Waals surface area contributed by atoms with Crippen LogP contribution in [0.1, 0.15) is 35.0 Å². The van der Waals surface area contributed by atoms with Crippen LogP contribution in [0.25, 0.3) is 10.9 Å². The first-order valence-electron chi connectivity index (χ1n) is 11.9. The summed E-state index contributed by atoms with van der Waals surface area (Å²) in [5, 5.41) is 12.3. The van der Waals surface area contributed by atoms with Crippen molar-refractivity contribution < 1.29 is 19.2 Å². The van der Waals surface area contributed by atoms with Gasteiger partial charge in [-0.25, -0.2) is 4.79 Å². The average Bonchev–Trinajstić information content (AvgIpc) is 3.63. The summed E-state index contributed by atoms with van der Waals surface area (Å²) in [5.74, 6) is 0.279. The number of carbonyl (C=O) groups excluding carboxylic acids is 2. The number of aromatic nitrogens is 1. The van der Waals surface area contributed by atoms with Crippen molar-refractivity contribution in [3.63, 3.8) is 0 Å². The molecule has 2 unspecified atom stereocenters. The number of amides is 3. The van der Waals surface area contributed by atoms with Crippen molar-refractivity contribution in [2.24, 2.45) is 5.16 Å². The van der Waals surface area contributed by atoms with Crippen LogP contribution in [0.15, 0.2) is 77.3 Å². The topological polar surface area (TPSA) is 102 Å². The summed E-state index contributed by atoms with van der Waals surface area (Å²) >= 11 is 1.55.